The second kappa shape index (κ2) is 6.42. The van der Waals surface area contributed by atoms with Gasteiger partial charge in [0.15, 0.2) is 0 Å². The quantitative estimate of drug-likeness (QED) is 0.794. The molecule has 0 amide bonds. The van der Waals surface area contributed by atoms with E-state index in [1.807, 2.05) is 36.0 Å². The Kier molecular flexibility index (Phi) is 4.57. The molecule has 112 valence electrons. The van der Waals surface area contributed by atoms with E-state index >= 15 is 0 Å². The number of hydrogen-bond donors (Lipinski definition) is 0. The van der Waals surface area contributed by atoms with E-state index in [2.05, 4.69) is 4.90 Å². The van der Waals surface area contributed by atoms with Gasteiger partial charge in [-0.3, -0.25) is 4.90 Å². The number of thioether (sulfide) groups is 1. The Morgan fingerprint density at radius 1 is 1.38 bits per heavy atom. The number of benzene rings is 1. The first-order valence-electron chi connectivity index (χ1n) is 7.10. The average molecular weight is 324 g/mol. The van der Waals surface area contributed by atoms with Crippen molar-refractivity contribution < 1.29 is 9.53 Å². The third-order valence-electron chi connectivity index (χ3n) is 4.08. The van der Waals surface area contributed by atoms with E-state index in [4.69, 9.17) is 16.3 Å². The number of carbonyl (C=O) groups is 1. The molecule has 3 nitrogen and oxygen atoms in total. The number of ether oxygens (including phenoxy) is 1. The highest BCUT2D eigenvalue weighted by atomic mass is 35.5. The second-order valence-corrected chi connectivity index (χ2v) is 6.89. The Morgan fingerprint density at radius 3 is 2.95 bits per heavy atom. The summed E-state index contributed by atoms with van der Waals surface area (Å²) in [7, 11) is 1.44. The summed E-state index contributed by atoms with van der Waals surface area (Å²) in [5.74, 6) is 0.936. The molecule has 0 saturated heterocycles. The molecule has 3 rings (SSSR count). The van der Waals surface area contributed by atoms with Crippen molar-refractivity contribution in [2.45, 2.75) is 18.9 Å². The van der Waals surface area contributed by atoms with E-state index in [1.165, 1.54) is 23.3 Å². The summed E-state index contributed by atoms with van der Waals surface area (Å²) in [6, 6.07) is 7.12. The van der Waals surface area contributed by atoms with Gasteiger partial charge in [-0.25, -0.2) is 4.79 Å². The van der Waals surface area contributed by atoms with Gasteiger partial charge in [0.1, 0.15) is 6.04 Å². The molecule has 21 heavy (non-hydrogen) atoms. The molecule has 1 atom stereocenters. The topological polar surface area (TPSA) is 29.5 Å². The maximum atomic E-state index is 12.3. The summed E-state index contributed by atoms with van der Waals surface area (Å²) in [5.41, 5.74) is 2.31. The van der Waals surface area contributed by atoms with Crippen LogP contribution in [0.4, 0.5) is 0 Å². The van der Waals surface area contributed by atoms with Gasteiger partial charge in [-0.15, -0.1) is 11.8 Å². The van der Waals surface area contributed by atoms with Crippen molar-refractivity contribution in [3.05, 3.63) is 45.3 Å². The highest BCUT2D eigenvalue weighted by Crippen LogP contribution is 2.40. The fourth-order valence-corrected chi connectivity index (χ4v) is 4.47. The lowest BCUT2D eigenvalue weighted by Crippen LogP contribution is -2.39. The van der Waals surface area contributed by atoms with Gasteiger partial charge < -0.3 is 4.74 Å². The molecule has 0 spiro atoms. The van der Waals surface area contributed by atoms with Gasteiger partial charge >= 0.3 is 5.97 Å². The van der Waals surface area contributed by atoms with E-state index in [-0.39, 0.29) is 5.97 Å². The van der Waals surface area contributed by atoms with Crippen LogP contribution >= 0.6 is 23.4 Å². The highest BCUT2D eigenvalue weighted by Gasteiger charge is 2.34. The molecule has 2 heterocycles. The van der Waals surface area contributed by atoms with Crippen LogP contribution in [0, 0.1) is 0 Å². The normalized spacial score (nSPS) is 20.3. The average Bonchev–Trinajstić information content (AvgIpc) is 2.97. The van der Waals surface area contributed by atoms with E-state index in [0.29, 0.717) is 5.02 Å². The summed E-state index contributed by atoms with van der Waals surface area (Å²) >= 11 is 8.26. The van der Waals surface area contributed by atoms with Crippen LogP contribution in [0.25, 0.3) is 0 Å². The number of esters is 1. The van der Waals surface area contributed by atoms with Crippen molar-refractivity contribution in [3.63, 3.8) is 0 Å². The van der Waals surface area contributed by atoms with E-state index in [9.17, 15) is 4.79 Å². The molecule has 1 aromatic carbocycles. The Morgan fingerprint density at radius 2 is 2.19 bits per heavy atom. The van der Waals surface area contributed by atoms with Crippen LogP contribution in [0.3, 0.4) is 0 Å². The zero-order valence-corrected chi connectivity index (χ0v) is 13.5. The van der Waals surface area contributed by atoms with Crippen LogP contribution in [-0.2, 0) is 9.53 Å². The van der Waals surface area contributed by atoms with Crippen molar-refractivity contribution in [2.75, 3.05) is 26.0 Å². The number of rotatable bonds is 3. The highest BCUT2D eigenvalue weighted by molar-refractivity contribution is 8.03. The predicted molar refractivity (Wildman–Crippen MR) is 86.5 cm³/mol. The molecule has 2 aliphatic rings. The van der Waals surface area contributed by atoms with Crippen LogP contribution in [0.5, 0.6) is 0 Å². The summed E-state index contributed by atoms with van der Waals surface area (Å²) in [6.45, 7) is 1.71. The number of carbonyl (C=O) groups excluding carboxylic acids is 1. The number of hydrogen-bond acceptors (Lipinski definition) is 4. The summed E-state index contributed by atoms with van der Waals surface area (Å²) in [5, 5.41) is 0.619. The van der Waals surface area contributed by atoms with Gasteiger partial charge in [0, 0.05) is 23.9 Å². The molecule has 0 radical (unpaired) electrons. The molecule has 2 aliphatic heterocycles. The van der Waals surface area contributed by atoms with Gasteiger partial charge in [-0.05, 0) is 34.9 Å². The SMILES string of the molecule is COC(=O)[C@H](c1ccccc1Cl)N1CCC2=C(CCS2)C1. The molecule has 1 aromatic rings. The monoisotopic (exact) mass is 323 g/mol. The van der Waals surface area contributed by atoms with Gasteiger partial charge in [0.25, 0.3) is 0 Å². The van der Waals surface area contributed by atoms with Gasteiger partial charge in [-0.2, -0.15) is 0 Å². The first kappa shape index (κ1) is 14.9. The van der Waals surface area contributed by atoms with Gasteiger partial charge in [-0.1, -0.05) is 29.8 Å². The zero-order chi connectivity index (χ0) is 14.8. The molecule has 0 bridgehead atoms. The van der Waals surface area contributed by atoms with Gasteiger partial charge in [0.2, 0.25) is 0 Å². The van der Waals surface area contributed by atoms with Gasteiger partial charge in [0.05, 0.1) is 7.11 Å². The summed E-state index contributed by atoms with van der Waals surface area (Å²) < 4.78 is 5.03. The maximum Gasteiger partial charge on any atom is 0.327 e. The van der Waals surface area contributed by atoms with Crippen LogP contribution < -0.4 is 0 Å². The van der Waals surface area contributed by atoms with Crippen molar-refractivity contribution in [1.82, 2.24) is 4.90 Å². The lowest BCUT2D eigenvalue weighted by atomic mass is 10.0. The second-order valence-electron chi connectivity index (χ2n) is 5.29. The van der Waals surface area contributed by atoms with Crippen molar-refractivity contribution in [3.8, 4) is 0 Å². The molecule has 0 fully saturated rings. The molecular formula is C16H18ClNO2S. The minimum atomic E-state index is -0.414. The van der Waals surface area contributed by atoms with E-state index < -0.39 is 6.04 Å². The Hall–Kier alpha value is -0.970. The maximum absolute atomic E-state index is 12.3. The van der Waals surface area contributed by atoms with Crippen LogP contribution in [0.15, 0.2) is 34.7 Å². The standard InChI is InChI=1S/C16H18ClNO2S/c1-20-16(19)15(12-4-2-3-5-13(12)17)18-8-6-14-11(10-18)7-9-21-14/h2-5,15H,6-10H2,1H3/t15-/m0/s1. The Bertz CT molecular complexity index is 587. The van der Waals surface area contributed by atoms with Crippen molar-refractivity contribution in [1.29, 1.82) is 0 Å². The molecule has 0 N–H and O–H groups in total. The number of halogens is 1. The smallest absolute Gasteiger partial charge is 0.327 e. The first-order valence-corrected chi connectivity index (χ1v) is 8.47. The van der Waals surface area contributed by atoms with Crippen molar-refractivity contribution in [2.24, 2.45) is 0 Å². The molecule has 5 heteroatoms. The minimum Gasteiger partial charge on any atom is -0.468 e. The van der Waals surface area contributed by atoms with Crippen LogP contribution in [0.2, 0.25) is 5.02 Å². The lowest BCUT2D eigenvalue weighted by Gasteiger charge is -2.34. The fraction of sp³-hybridized carbons (Fsp3) is 0.438. The first-order chi connectivity index (χ1) is 10.2. The zero-order valence-electron chi connectivity index (χ0n) is 12.0. The molecular weight excluding hydrogens is 306 g/mol. The largest absolute Gasteiger partial charge is 0.468 e. The third kappa shape index (κ3) is 2.98. The summed E-state index contributed by atoms with van der Waals surface area (Å²) in [6.07, 6.45) is 2.16. The van der Waals surface area contributed by atoms with E-state index in [0.717, 1.165) is 31.5 Å². The fourth-order valence-electron chi connectivity index (χ4n) is 3.03. The minimum absolute atomic E-state index is 0.238. The van der Waals surface area contributed by atoms with Crippen LogP contribution in [-0.4, -0.2) is 36.8 Å². The molecule has 0 saturated carbocycles. The lowest BCUT2D eigenvalue weighted by molar-refractivity contribution is -0.147. The number of nitrogens with zero attached hydrogens (tertiary/aromatic N) is 1. The number of methoxy groups -OCH3 is 1. The Labute approximate surface area is 134 Å². The molecule has 0 aliphatic carbocycles. The van der Waals surface area contributed by atoms with Crippen molar-refractivity contribution >= 4 is 29.3 Å². The van der Waals surface area contributed by atoms with Crippen LogP contribution in [0.1, 0.15) is 24.4 Å². The predicted octanol–water partition coefficient (Wildman–Crippen LogP) is 3.65. The third-order valence-corrected chi connectivity index (χ3v) is 5.68. The Balaban J connectivity index is 1.90. The molecule has 0 unspecified atom stereocenters. The molecule has 0 aromatic heterocycles. The summed E-state index contributed by atoms with van der Waals surface area (Å²) in [4.78, 5) is 16.0. The van der Waals surface area contributed by atoms with E-state index in [1.54, 1.807) is 0 Å².